The van der Waals surface area contributed by atoms with Gasteiger partial charge in [-0.05, 0) is 24.0 Å². The van der Waals surface area contributed by atoms with Crippen LogP contribution in [0, 0.1) is 16.0 Å². The first-order valence-electron chi connectivity index (χ1n) is 7.23. The third-order valence-electron chi connectivity index (χ3n) is 3.48. The summed E-state index contributed by atoms with van der Waals surface area (Å²) in [4.78, 5) is 35.8. The molecule has 1 N–H and O–H groups in total. The van der Waals surface area contributed by atoms with Crippen molar-refractivity contribution < 1.29 is 14.5 Å². The van der Waals surface area contributed by atoms with Gasteiger partial charge in [-0.2, -0.15) is 0 Å². The Balaban J connectivity index is 2.17. The molecule has 0 saturated carbocycles. The highest BCUT2D eigenvalue weighted by molar-refractivity contribution is 6.01. The van der Waals surface area contributed by atoms with E-state index >= 15 is 0 Å². The Hall–Kier alpha value is -2.44. The molecule has 0 saturated heterocycles. The van der Waals surface area contributed by atoms with Gasteiger partial charge in [-0.25, -0.2) is 0 Å². The maximum Gasteiger partial charge on any atom is 0.269 e. The first-order valence-corrected chi connectivity index (χ1v) is 7.23. The van der Waals surface area contributed by atoms with Crippen LogP contribution in [0.1, 0.15) is 25.8 Å². The number of nitrogens with one attached hydrogen (secondary N) is 1. The lowest BCUT2D eigenvalue weighted by Gasteiger charge is -2.28. The minimum atomic E-state index is -0.462. The number of non-ortho nitro benzene ring substituents is 1. The summed E-state index contributed by atoms with van der Waals surface area (Å²) in [6.45, 7) is 4.46. The number of rotatable bonds is 5. The molecule has 1 aliphatic heterocycles. The van der Waals surface area contributed by atoms with Gasteiger partial charge in [-0.1, -0.05) is 13.8 Å². The molecule has 1 aromatic carbocycles. The number of carbonyl (C=O) groups is 2. The molecule has 7 nitrogen and oxygen atoms in total. The van der Waals surface area contributed by atoms with Crippen LogP contribution in [-0.2, 0) is 16.0 Å². The van der Waals surface area contributed by atoms with Crippen LogP contribution < -0.4 is 10.2 Å². The van der Waals surface area contributed by atoms with Crippen LogP contribution in [0.25, 0.3) is 0 Å². The Labute approximate surface area is 128 Å². The zero-order chi connectivity index (χ0) is 16.3. The molecule has 0 aromatic heterocycles. The first-order chi connectivity index (χ1) is 10.4. The Bertz CT molecular complexity index is 613. The van der Waals surface area contributed by atoms with Crippen molar-refractivity contribution in [2.75, 3.05) is 18.0 Å². The molecular formula is C15H19N3O4. The summed E-state index contributed by atoms with van der Waals surface area (Å²) >= 11 is 0. The third kappa shape index (κ3) is 3.60. The average molecular weight is 305 g/mol. The van der Waals surface area contributed by atoms with Crippen LogP contribution in [0.5, 0.6) is 0 Å². The predicted molar refractivity (Wildman–Crippen MR) is 81.6 cm³/mol. The van der Waals surface area contributed by atoms with Crippen molar-refractivity contribution >= 4 is 23.2 Å². The number of hydrogen-bond acceptors (Lipinski definition) is 4. The molecule has 0 bridgehead atoms. The summed E-state index contributed by atoms with van der Waals surface area (Å²) in [6, 6.07) is 4.37. The standard InChI is InChI=1S/C15H19N3O4/c1-10(2)8-16-14(19)9-17-13-5-4-12(18(21)22)7-11(13)3-6-15(17)20/h4-5,7,10H,3,6,8-9H2,1-2H3,(H,16,19). The van der Waals surface area contributed by atoms with Gasteiger partial charge in [-0.3, -0.25) is 19.7 Å². The maximum absolute atomic E-state index is 12.1. The smallest absolute Gasteiger partial charge is 0.269 e. The summed E-state index contributed by atoms with van der Waals surface area (Å²) in [6.07, 6.45) is 0.714. The summed E-state index contributed by atoms with van der Waals surface area (Å²) < 4.78 is 0. The van der Waals surface area contributed by atoms with Gasteiger partial charge >= 0.3 is 0 Å². The predicted octanol–water partition coefficient (Wildman–Crippen LogP) is 1.65. The van der Waals surface area contributed by atoms with Gasteiger partial charge in [0, 0.05) is 30.8 Å². The summed E-state index contributed by atoms with van der Waals surface area (Å²) in [7, 11) is 0. The molecular weight excluding hydrogens is 286 g/mol. The van der Waals surface area contributed by atoms with Gasteiger partial charge < -0.3 is 10.2 Å². The van der Waals surface area contributed by atoms with Gasteiger partial charge in [0.05, 0.1) is 4.92 Å². The van der Waals surface area contributed by atoms with E-state index in [4.69, 9.17) is 0 Å². The van der Waals surface area contributed by atoms with Crippen LogP contribution in [0.2, 0.25) is 0 Å². The zero-order valence-corrected chi connectivity index (χ0v) is 12.7. The lowest BCUT2D eigenvalue weighted by molar-refractivity contribution is -0.384. The number of anilines is 1. The highest BCUT2D eigenvalue weighted by Gasteiger charge is 2.27. The number of amides is 2. The van der Waals surface area contributed by atoms with Crippen molar-refractivity contribution in [1.29, 1.82) is 0 Å². The zero-order valence-electron chi connectivity index (χ0n) is 12.7. The van der Waals surface area contributed by atoms with E-state index < -0.39 is 4.92 Å². The maximum atomic E-state index is 12.1. The third-order valence-corrected chi connectivity index (χ3v) is 3.48. The van der Waals surface area contributed by atoms with Crippen molar-refractivity contribution in [2.45, 2.75) is 26.7 Å². The van der Waals surface area contributed by atoms with E-state index in [2.05, 4.69) is 5.32 Å². The number of nitro groups is 1. The minimum Gasteiger partial charge on any atom is -0.354 e. The molecule has 1 aromatic rings. The molecule has 7 heteroatoms. The molecule has 2 amide bonds. The summed E-state index contributed by atoms with van der Waals surface area (Å²) in [5.74, 6) is -0.0368. The molecule has 0 fully saturated rings. The number of hydrogen-bond donors (Lipinski definition) is 1. The van der Waals surface area contributed by atoms with Crippen molar-refractivity contribution in [3.63, 3.8) is 0 Å². The monoisotopic (exact) mass is 305 g/mol. The lowest BCUT2D eigenvalue weighted by Crippen LogP contribution is -2.43. The van der Waals surface area contributed by atoms with E-state index in [-0.39, 0.29) is 30.5 Å². The van der Waals surface area contributed by atoms with Crippen LogP contribution in [0.15, 0.2) is 18.2 Å². The van der Waals surface area contributed by atoms with Crippen LogP contribution >= 0.6 is 0 Å². The van der Waals surface area contributed by atoms with E-state index in [1.54, 1.807) is 6.07 Å². The Morgan fingerprint density at radius 3 is 2.77 bits per heavy atom. The number of carbonyl (C=O) groups excluding carboxylic acids is 2. The molecule has 118 valence electrons. The number of fused-ring (bicyclic) bond motifs is 1. The second-order valence-corrected chi connectivity index (χ2v) is 5.75. The van der Waals surface area contributed by atoms with Crippen LogP contribution in [-0.4, -0.2) is 29.8 Å². The quantitative estimate of drug-likeness (QED) is 0.661. The molecule has 2 rings (SSSR count). The highest BCUT2D eigenvalue weighted by Crippen LogP contribution is 2.30. The fourth-order valence-electron chi connectivity index (χ4n) is 2.35. The molecule has 0 spiro atoms. The normalized spacial score (nSPS) is 14.0. The summed E-state index contributed by atoms with van der Waals surface area (Å²) in [5.41, 5.74) is 1.31. The van der Waals surface area contributed by atoms with Crippen molar-refractivity contribution in [1.82, 2.24) is 5.32 Å². The fraction of sp³-hybridized carbons (Fsp3) is 0.467. The molecule has 1 aliphatic rings. The van der Waals surface area contributed by atoms with Gasteiger partial charge in [0.15, 0.2) is 0 Å². The minimum absolute atomic E-state index is 0.00249. The van der Waals surface area contributed by atoms with Gasteiger partial charge in [0.2, 0.25) is 11.8 Å². The molecule has 0 unspecified atom stereocenters. The van der Waals surface area contributed by atoms with E-state index in [0.29, 0.717) is 24.6 Å². The van der Waals surface area contributed by atoms with Crippen LogP contribution in [0.3, 0.4) is 0 Å². The molecule has 1 heterocycles. The number of aryl methyl sites for hydroxylation is 1. The van der Waals surface area contributed by atoms with E-state index in [1.807, 2.05) is 13.8 Å². The highest BCUT2D eigenvalue weighted by atomic mass is 16.6. The van der Waals surface area contributed by atoms with E-state index in [1.165, 1.54) is 17.0 Å². The van der Waals surface area contributed by atoms with Crippen molar-refractivity contribution in [3.05, 3.63) is 33.9 Å². The molecule has 0 aliphatic carbocycles. The largest absolute Gasteiger partial charge is 0.354 e. The van der Waals surface area contributed by atoms with Crippen LogP contribution in [0.4, 0.5) is 11.4 Å². The Morgan fingerprint density at radius 1 is 1.41 bits per heavy atom. The number of nitrogens with zero attached hydrogens (tertiary/aromatic N) is 2. The van der Waals surface area contributed by atoms with E-state index in [0.717, 1.165) is 5.56 Å². The SMILES string of the molecule is CC(C)CNC(=O)CN1C(=O)CCc2cc([N+](=O)[O-])ccc21. The molecule has 0 atom stereocenters. The molecule has 22 heavy (non-hydrogen) atoms. The van der Waals surface area contributed by atoms with E-state index in [9.17, 15) is 19.7 Å². The average Bonchev–Trinajstić information content (AvgIpc) is 2.47. The Morgan fingerprint density at radius 2 is 2.14 bits per heavy atom. The second-order valence-electron chi connectivity index (χ2n) is 5.75. The lowest BCUT2D eigenvalue weighted by atomic mass is 10.0. The molecule has 0 radical (unpaired) electrons. The van der Waals surface area contributed by atoms with Crippen molar-refractivity contribution in [3.8, 4) is 0 Å². The number of benzene rings is 1. The van der Waals surface area contributed by atoms with Crippen molar-refractivity contribution in [2.24, 2.45) is 5.92 Å². The number of nitro benzene ring substituents is 1. The summed E-state index contributed by atoms with van der Waals surface area (Å²) in [5, 5.41) is 13.6. The van der Waals surface area contributed by atoms with Gasteiger partial charge in [0.1, 0.15) is 6.54 Å². The topological polar surface area (TPSA) is 92.6 Å². The first kappa shape index (κ1) is 15.9. The second kappa shape index (κ2) is 6.55. The van der Waals surface area contributed by atoms with Gasteiger partial charge in [0.25, 0.3) is 5.69 Å². The van der Waals surface area contributed by atoms with Gasteiger partial charge in [-0.15, -0.1) is 0 Å². The fourth-order valence-corrected chi connectivity index (χ4v) is 2.35. The Kier molecular flexibility index (Phi) is 4.75.